The molecule has 2 unspecified atom stereocenters. The summed E-state index contributed by atoms with van der Waals surface area (Å²) in [6, 6.07) is 4.27. The van der Waals surface area contributed by atoms with Gasteiger partial charge in [0.2, 0.25) is 0 Å². The highest BCUT2D eigenvalue weighted by atomic mass is 32.2. The Bertz CT molecular complexity index is 1080. The molecule has 1 aromatic heterocycles. The van der Waals surface area contributed by atoms with Gasteiger partial charge in [-0.3, -0.25) is 4.79 Å². The predicted octanol–water partition coefficient (Wildman–Crippen LogP) is 2.88. The number of nitrogens with zero attached hydrogens (tertiary/aromatic N) is 1. The highest BCUT2D eigenvalue weighted by Crippen LogP contribution is 2.55. The van der Waals surface area contributed by atoms with Crippen LogP contribution in [-0.4, -0.2) is 34.8 Å². The van der Waals surface area contributed by atoms with Gasteiger partial charge in [-0.25, -0.2) is 17.2 Å². The van der Waals surface area contributed by atoms with Crippen molar-refractivity contribution in [2.45, 2.75) is 41.9 Å². The molecule has 2 atom stereocenters. The summed E-state index contributed by atoms with van der Waals surface area (Å²) >= 11 is 0. The number of carbonyl (C=O) groups is 1. The van der Waals surface area contributed by atoms with E-state index in [-0.39, 0.29) is 28.1 Å². The fraction of sp³-hybridized carbons (Fsp3) is 0.450. The van der Waals surface area contributed by atoms with Gasteiger partial charge < -0.3 is 15.0 Å². The van der Waals surface area contributed by atoms with E-state index in [4.69, 9.17) is 0 Å². The van der Waals surface area contributed by atoms with Crippen LogP contribution in [0.2, 0.25) is 0 Å². The number of aliphatic hydroxyl groups is 1. The van der Waals surface area contributed by atoms with Crippen LogP contribution in [0.15, 0.2) is 35.4 Å². The molecule has 2 bridgehead atoms. The zero-order valence-electron chi connectivity index (χ0n) is 16.0. The highest BCUT2D eigenvalue weighted by Gasteiger charge is 2.57. The molecule has 5 rings (SSSR count). The van der Waals surface area contributed by atoms with E-state index in [1.54, 1.807) is 14.0 Å². The summed E-state index contributed by atoms with van der Waals surface area (Å²) < 4.78 is 53.9. The van der Waals surface area contributed by atoms with Gasteiger partial charge in [-0.15, -0.1) is 0 Å². The van der Waals surface area contributed by atoms with Crippen molar-refractivity contribution in [3.05, 3.63) is 47.8 Å². The van der Waals surface area contributed by atoms with Crippen LogP contribution in [0.4, 0.5) is 14.5 Å². The van der Waals surface area contributed by atoms with Gasteiger partial charge in [0.1, 0.15) is 5.69 Å². The molecule has 3 fully saturated rings. The summed E-state index contributed by atoms with van der Waals surface area (Å²) in [6.45, 7) is 1.76. The second-order valence-electron chi connectivity index (χ2n) is 8.25. The summed E-state index contributed by atoms with van der Waals surface area (Å²) in [5.41, 5.74) is -0.645. The first-order chi connectivity index (χ1) is 13.5. The zero-order valence-corrected chi connectivity index (χ0v) is 16.8. The SMILES string of the molecule is Cn1cc(S(=O)(=O)C2CC3CC(C2)C3(C)O)cc1C(=O)Nc1ccc(F)c(F)c1. The summed E-state index contributed by atoms with van der Waals surface area (Å²) in [5.74, 6) is -2.81. The Morgan fingerprint density at radius 2 is 1.83 bits per heavy atom. The topological polar surface area (TPSA) is 88.4 Å². The predicted molar refractivity (Wildman–Crippen MR) is 102 cm³/mol. The molecule has 156 valence electrons. The number of benzene rings is 1. The van der Waals surface area contributed by atoms with Crippen LogP contribution in [0, 0.1) is 23.5 Å². The second-order valence-corrected chi connectivity index (χ2v) is 10.5. The molecule has 0 spiro atoms. The van der Waals surface area contributed by atoms with E-state index in [1.165, 1.54) is 22.9 Å². The van der Waals surface area contributed by atoms with Gasteiger partial charge in [0.05, 0.1) is 15.7 Å². The molecule has 29 heavy (non-hydrogen) atoms. The Balaban J connectivity index is 1.54. The van der Waals surface area contributed by atoms with E-state index in [0.717, 1.165) is 18.6 Å². The van der Waals surface area contributed by atoms with Crippen molar-refractivity contribution in [1.29, 1.82) is 0 Å². The lowest BCUT2D eigenvalue weighted by Crippen LogP contribution is -2.60. The number of halogens is 2. The Morgan fingerprint density at radius 3 is 2.41 bits per heavy atom. The Hall–Kier alpha value is -2.26. The van der Waals surface area contributed by atoms with Gasteiger partial charge in [0.15, 0.2) is 21.5 Å². The fourth-order valence-corrected chi connectivity index (χ4v) is 6.46. The maximum Gasteiger partial charge on any atom is 0.272 e. The minimum atomic E-state index is -3.66. The van der Waals surface area contributed by atoms with Crippen LogP contribution >= 0.6 is 0 Å². The molecule has 0 radical (unpaired) electrons. The number of anilines is 1. The average molecular weight is 424 g/mol. The Morgan fingerprint density at radius 1 is 1.17 bits per heavy atom. The highest BCUT2D eigenvalue weighted by molar-refractivity contribution is 7.92. The van der Waals surface area contributed by atoms with Crippen LogP contribution < -0.4 is 5.32 Å². The number of carbonyl (C=O) groups excluding carboxylic acids is 1. The standard InChI is InChI=1S/C20H22F2N2O4S/c1-20(26)11-5-12(20)7-14(6-11)29(27,28)15-9-18(24(2)10-15)19(25)23-13-3-4-16(21)17(22)8-13/h3-4,8-12,14,26H,5-7H2,1-2H3,(H,23,25). The van der Waals surface area contributed by atoms with Gasteiger partial charge in [-0.05, 0) is 56.2 Å². The molecule has 3 aliphatic carbocycles. The lowest BCUT2D eigenvalue weighted by Gasteiger charge is -2.56. The van der Waals surface area contributed by atoms with Gasteiger partial charge in [0, 0.05) is 25.0 Å². The number of aryl methyl sites for hydroxylation is 1. The van der Waals surface area contributed by atoms with E-state index in [0.29, 0.717) is 12.8 Å². The van der Waals surface area contributed by atoms with Gasteiger partial charge in [-0.1, -0.05) is 0 Å². The van der Waals surface area contributed by atoms with E-state index in [9.17, 15) is 27.1 Å². The van der Waals surface area contributed by atoms with Crippen molar-refractivity contribution >= 4 is 21.4 Å². The number of hydrogen-bond donors (Lipinski definition) is 2. The number of nitrogens with one attached hydrogen (secondary N) is 1. The van der Waals surface area contributed by atoms with Crippen LogP contribution in [0.25, 0.3) is 0 Å². The molecule has 9 heteroatoms. The molecule has 0 aliphatic heterocycles. The number of amides is 1. The lowest BCUT2D eigenvalue weighted by molar-refractivity contribution is -0.162. The van der Waals surface area contributed by atoms with Crippen molar-refractivity contribution in [3.63, 3.8) is 0 Å². The minimum Gasteiger partial charge on any atom is -0.390 e. The Kier molecular flexibility index (Phi) is 4.58. The molecule has 1 aromatic carbocycles. The van der Waals surface area contributed by atoms with Crippen molar-refractivity contribution < 1.29 is 27.1 Å². The third kappa shape index (κ3) is 3.26. The van der Waals surface area contributed by atoms with Crippen LogP contribution in [0.3, 0.4) is 0 Å². The normalized spacial score (nSPS) is 28.7. The van der Waals surface area contributed by atoms with Gasteiger partial charge in [-0.2, -0.15) is 0 Å². The molecule has 1 heterocycles. The number of fused-ring (bicyclic) bond motifs is 2. The monoisotopic (exact) mass is 424 g/mol. The number of hydrogen-bond acceptors (Lipinski definition) is 4. The largest absolute Gasteiger partial charge is 0.390 e. The van der Waals surface area contributed by atoms with E-state index >= 15 is 0 Å². The molecule has 2 N–H and O–H groups in total. The molecule has 1 amide bonds. The maximum absolute atomic E-state index is 13.3. The van der Waals surface area contributed by atoms with Crippen molar-refractivity contribution in [2.24, 2.45) is 18.9 Å². The summed E-state index contributed by atoms with van der Waals surface area (Å²) in [4.78, 5) is 12.6. The lowest BCUT2D eigenvalue weighted by atomic mass is 9.54. The third-order valence-electron chi connectivity index (χ3n) is 6.47. The maximum atomic E-state index is 13.3. The Labute approximate surface area is 167 Å². The molecule has 6 nitrogen and oxygen atoms in total. The van der Waals surface area contributed by atoms with Crippen molar-refractivity contribution in [3.8, 4) is 0 Å². The van der Waals surface area contributed by atoms with Crippen molar-refractivity contribution in [1.82, 2.24) is 4.57 Å². The van der Waals surface area contributed by atoms with E-state index in [1.807, 2.05) is 0 Å². The van der Waals surface area contributed by atoms with Crippen LogP contribution in [-0.2, 0) is 16.9 Å². The molecule has 2 aromatic rings. The van der Waals surface area contributed by atoms with Gasteiger partial charge in [0.25, 0.3) is 5.91 Å². The first kappa shape index (κ1) is 20.0. The van der Waals surface area contributed by atoms with E-state index in [2.05, 4.69) is 5.32 Å². The smallest absolute Gasteiger partial charge is 0.272 e. The number of aromatic nitrogens is 1. The molecule has 3 saturated carbocycles. The minimum absolute atomic E-state index is 0.0270. The molecular weight excluding hydrogens is 402 g/mol. The first-order valence-electron chi connectivity index (χ1n) is 9.39. The molecule has 3 aliphatic rings. The first-order valence-corrected chi connectivity index (χ1v) is 10.9. The van der Waals surface area contributed by atoms with E-state index < -0.39 is 38.2 Å². The van der Waals surface area contributed by atoms with Crippen LogP contribution in [0.1, 0.15) is 36.7 Å². The average Bonchev–Trinajstić information content (AvgIpc) is 3.07. The number of sulfone groups is 1. The number of rotatable bonds is 4. The second kappa shape index (κ2) is 6.63. The van der Waals surface area contributed by atoms with Gasteiger partial charge >= 0.3 is 0 Å². The third-order valence-corrected chi connectivity index (χ3v) is 8.62. The van der Waals surface area contributed by atoms with Crippen LogP contribution in [0.5, 0.6) is 0 Å². The zero-order chi connectivity index (χ0) is 21.1. The molecular formula is C20H22F2N2O4S. The quantitative estimate of drug-likeness (QED) is 0.790. The summed E-state index contributed by atoms with van der Waals surface area (Å²) in [6.07, 6.45) is 3.03. The fourth-order valence-electron chi connectivity index (χ4n) is 4.52. The molecule has 0 saturated heterocycles. The van der Waals surface area contributed by atoms with Crippen molar-refractivity contribution in [2.75, 3.05) is 5.32 Å². The summed E-state index contributed by atoms with van der Waals surface area (Å²) in [7, 11) is -2.11. The summed E-state index contributed by atoms with van der Waals surface area (Å²) in [5, 5.41) is 12.2.